The third-order valence-corrected chi connectivity index (χ3v) is 3.87. The van der Waals surface area contributed by atoms with Crippen molar-refractivity contribution < 1.29 is 23.4 Å². The molecule has 124 valence electrons. The van der Waals surface area contributed by atoms with Crippen molar-refractivity contribution in [2.24, 2.45) is 0 Å². The van der Waals surface area contributed by atoms with Gasteiger partial charge in [-0.25, -0.2) is 8.78 Å². The Bertz CT molecular complexity index is 471. The molecular formula is C15H22F2N2O3. The van der Waals surface area contributed by atoms with Crippen molar-refractivity contribution in [2.45, 2.75) is 12.0 Å². The van der Waals surface area contributed by atoms with E-state index >= 15 is 0 Å². The van der Waals surface area contributed by atoms with Crippen LogP contribution in [0.1, 0.15) is 11.6 Å². The molecule has 1 atom stereocenters. The quantitative estimate of drug-likeness (QED) is 0.828. The highest BCUT2D eigenvalue weighted by molar-refractivity contribution is 5.48. The van der Waals surface area contributed by atoms with Crippen molar-refractivity contribution in [2.75, 3.05) is 47.0 Å². The fourth-order valence-corrected chi connectivity index (χ4v) is 2.84. The number of nitrogens with one attached hydrogen (secondary N) is 1. The summed E-state index contributed by atoms with van der Waals surface area (Å²) in [6.07, 6.45) is 0. The number of aliphatic hydroxyl groups excluding tert-OH is 1. The number of hydrogen-bond donors (Lipinski definition) is 2. The van der Waals surface area contributed by atoms with Gasteiger partial charge < -0.3 is 19.9 Å². The van der Waals surface area contributed by atoms with Gasteiger partial charge in [-0.05, 0) is 12.1 Å². The molecule has 1 heterocycles. The number of halogens is 2. The van der Waals surface area contributed by atoms with Gasteiger partial charge in [-0.15, -0.1) is 0 Å². The zero-order valence-electron chi connectivity index (χ0n) is 12.8. The minimum Gasteiger partial charge on any atom is -0.496 e. The van der Waals surface area contributed by atoms with E-state index in [4.69, 9.17) is 9.47 Å². The summed E-state index contributed by atoms with van der Waals surface area (Å²) >= 11 is 0. The lowest BCUT2D eigenvalue weighted by Crippen LogP contribution is -2.51. The number of ether oxygens (including phenoxy) is 2. The van der Waals surface area contributed by atoms with Gasteiger partial charge in [0, 0.05) is 26.2 Å². The molecule has 1 aromatic carbocycles. The standard InChI is InChI=1S/C15H22F2N2O3/c1-21-11-4-3-5-12(22-2)13(11)14(15(16,17)10-20)19-8-6-18-7-9-19/h3-5,14,18,20H,6-10H2,1-2H3/t14-/m1/s1. The molecule has 0 aromatic heterocycles. The number of piperazine rings is 1. The molecule has 0 bridgehead atoms. The molecule has 1 saturated heterocycles. The van der Waals surface area contributed by atoms with Crippen LogP contribution in [0.25, 0.3) is 0 Å². The monoisotopic (exact) mass is 316 g/mol. The molecule has 22 heavy (non-hydrogen) atoms. The molecule has 0 spiro atoms. The van der Waals surface area contributed by atoms with E-state index in [1.54, 1.807) is 23.1 Å². The lowest BCUT2D eigenvalue weighted by atomic mass is 9.96. The van der Waals surface area contributed by atoms with Crippen molar-refractivity contribution in [1.29, 1.82) is 0 Å². The Balaban J connectivity index is 2.53. The summed E-state index contributed by atoms with van der Waals surface area (Å²) in [5.74, 6) is -2.65. The van der Waals surface area contributed by atoms with Crippen LogP contribution in [0.4, 0.5) is 8.78 Å². The minimum absolute atomic E-state index is 0.272. The molecule has 1 fully saturated rings. The van der Waals surface area contributed by atoms with Gasteiger partial charge in [-0.3, -0.25) is 4.90 Å². The third-order valence-electron chi connectivity index (χ3n) is 3.87. The summed E-state index contributed by atoms with van der Waals surface area (Å²) in [6, 6.07) is 3.64. The highest BCUT2D eigenvalue weighted by Crippen LogP contribution is 2.44. The van der Waals surface area contributed by atoms with Crippen LogP contribution in [-0.4, -0.2) is 62.9 Å². The Morgan fingerprint density at radius 2 is 1.77 bits per heavy atom. The maximum Gasteiger partial charge on any atom is 0.290 e. The summed E-state index contributed by atoms with van der Waals surface area (Å²) in [6.45, 7) is 0.927. The van der Waals surface area contributed by atoms with Gasteiger partial charge in [-0.2, -0.15) is 0 Å². The van der Waals surface area contributed by atoms with E-state index < -0.39 is 18.6 Å². The highest BCUT2D eigenvalue weighted by atomic mass is 19.3. The van der Waals surface area contributed by atoms with Crippen LogP contribution in [-0.2, 0) is 0 Å². The van der Waals surface area contributed by atoms with Gasteiger partial charge in [0.15, 0.2) is 0 Å². The van der Waals surface area contributed by atoms with Crippen molar-refractivity contribution in [3.8, 4) is 11.5 Å². The SMILES string of the molecule is COc1cccc(OC)c1[C@@H](N1CCNCC1)C(F)(F)CO. The van der Waals surface area contributed by atoms with Crippen LogP contribution in [0.2, 0.25) is 0 Å². The molecular weight excluding hydrogens is 294 g/mol. The van der Waals surface area contributed by atoms with Gasteiger partial charge in [0.2, 0.25) is 0 Å². The van der Waals surface area contributed by atoms with Crippen LogP contribution in [0.3, 0.4) is 0 Å². The van der Waals surface area contributed by atoms with Crippen molar-refractivity contribution in [3.05, 3.63) is 23.8 Å². The van der Waals surface area contributed by atoms with Gasteiger partial charge in [0.25, 0.3) is 5.92 Å². The fourth-order valence-electron chi connectivity index (χ4n) is 2.84. The maximum atomic E-state index is 14.5. The van der Waals surface area contributed by atoms with Crippen LogP contribution < -0.4 is 14.8 Å². The molecule has 2 N–H and O–H groups in total. The van der Waals surface area contributed by atoms with E-state index in [-0.39, 0.29) is 5.56 Å². The minimum atomic E-state index is -3.31. The predicted octanol–water partition coefficient (Wildman–Crippen LogP) is 1.28. The van der Waals surface area contributed by atoms with Gasteiger partial charge >= 0.3 is 0 Å². The number of hydrogen-bond acceptors (Lipinski definition) is 5. The van der Waals surface area contributed by atoms with Crippen molar-refractivity contribution in [3.63, 3.8) is 0 Å². The lowest BCUT2D eigenvalue weighted by molar-refractivity contribution is -0.119. The second-order valence-electron chi connectivity index (χ2n) is 5.18. The average molecular weight is 316 g/mol. The summed E-state index contributed by atoms with van der Waals surface area (Å²) in [4.78, 5) is 1.66. The van der Waals surface area contributed by atoms with Gasteiger partial charge in [-0.1, -0.05) is 6.07 Å². The fraction of sp³-hybridized carbons (Fsp3) is 0.600. The maximum absolute atomic E-state index is 14.5. The Kier molecular flexibility index (Phi) is 5.55. The van der Waals surface area contributed by atoms with Gasteiger partial charge in [0.1, 0.15) is 24.1 Å². The molecule has 1 aliphatic rings. The van der Waals surface area contributed by atoms with Crippen molar-refractivity contribution in [1.82, 2.24) is 10.2 Å². The lowest BCUT2D eigenvalue weighted by Gasteiger charge is -2.39. The number of alkyl halides is 2. The van der Waals surface area contributed by atoms with Crippen LogP contribution in [0.5, 0.6) is 11.5 Å². The van der Waals surface area contributed by atoms with E-state index in [2.05, 4.69) is 5.32 Å². The van der Waals surface area contributed by atoms with E-state index in [1.807, 2.05) is 0 Å². The largest absolute Gasteiger partial charge is 0.496 e. The summed E-state index contributed by atoms with van der Waals surface area (Å²) in [5.41, 5.74) is 0.272. The summed E-state index contributed by atoms with van der Waals surface area (Å²) in [7, 11) is 2.87. The first-order valence-electron chi connectivity index (χ1n) is 7.19. The molecule has 1 aliphatic heterocycles. The first-order valence-corrected chi connectivity index (χ1v) is 7.19. The Labute approximate surface area is 128 Å². The Hall–Kier alpha value is -1.44. The summed E-state index contributed by atoms with van der Waals surface area (Å²) < 4.78 is 39.5. The normalized spacial score (nSPS) is 18.0. The average Bonchev–Trinajstić information content (AvgIpc) is 2.56. The van der Waals surface area contributed by atoms with E-state index in [0.717, 1.165) is 0 Å². The predicted molar refractivity (Wildman–Crippen MR) is 78.8 cm³/mol. The molecule has 2 rings (SSSR count). The smallest absolute Gasteiger partial charge is 0.290 e. The molecule has 0 amide bonds. The summed E-state index contributed by atoms with van der Waals surface area (Å²) in [5, 5.41) is 12.3. The highest BCUT2D eigenvalue weighted by Gasteiger charge is 2.46. The molecule has 0 aliphatic carbocycles. The third kappa shape index (κ3) is 3.31. The number of aliphatic hydroxyl groups is 1. The second kappa shape index (κ2) is 7.21. The first kappa shape index (κ1) is 16.9. The topological polar surface area (TPSA) is 54.0 Å². The Morgan fingerprint density at radius 1 is 1.23 bits per heavy atom. The van der Waals surface area contributed by atoms with Crippen LogP contribution >= 0.6 is 0 Å². The second-order valence-corrected chi connectivity index (χ2v) is 5.18. The number of nitrogens with zero attached hydrogens (tertiary/aromatic N) is 1. The number of benzene rings is 1. The van der Waals surface area contributed by atoms with Crippen LogP contribution in [0.15, 0.2) is 18.2 Å². The van der Waals surface area contributed by atoms with E-state index in [9.17, 15) is 13.9 Å². The molecule has 0 radical (unpaired) electrons. The molecule has 7 heteroatoms. The number of methoxy groups -OCH3 is 2. The van der Waals surface area contributed by atoms with Gasteiger partial charge in [0.05, 0.1) is 19.8 Å². The zero-order chi connectivity index (χ0) is 16.2. The Morgan fingerprint density at radius 3 is 2.23 bits per heavy atom. The molecule has 5 nitrogen and oxygen atoms in total. The zero-order valence-corrected chi connectivity index (χ0v) is 12.8. The molecule has 0 saturated carbocycles. The molecule has 0 unspecified atom stereocenters. The first-order chi connectivity index (χ1) is 10.5. The molecule has 1 aromatic rings. The number of rotatable bonds is 6. The van der Waals surface area contributed by atoms with Crippen molar-refractivity contribution >= 4 is 0 Å². The van der Waals surface area contributed by atoms with E-state index in [0.29, 0.717) is 37.7 Å². The van der Waals surface area contributed by atoms with Crippen LogP contribution in [0, 0.1) is 0 Å². The van der Waals surface area contributed by atoms with E-state index in [1.165, 1.54) is 14.2 Å².